The van der Waals surface area contributed by atoms with Gasteiger partial charge in [0.05, 0.1) is 0 Å². The van der Waals surface area contributed by atoms with Crippen LogP contribution in [0.1, 0.15) is 32.6 Å². The van der Waals surface area contributed by atoms with Crippen LogP contribution in [-0.4, -0.2) is 54.2 Å². The van der Waals surface area contributed by atoms with Crippen LogP contribution in [-0.2, 0) is 4.79 Å². The molecular weight excluding hydrogens is 244 g/mol. The second kappa shape index (κ2) is 6.80. The topological polar surface area (TPSA) is 23.6 Å². The second-order valence-electron chi connectivity index (χ2n) is 5.76. The maximum Gasteiger partial charge on any atom is 0.222 e. The molecule has 0 aliphatic carbocycles. The van der Waals surface area contributed by atoms with Crippen LogP contribution in [0.4, 0.5) is 0 Å². The number of rotatable bonds is 5. The van der Waals surface area contributed by atoms with Gasteiger partial charge in [0.25, 0.3) is 0 Å². The molecule has 2 fully saturated rings. The Kier molecular flexibility index (Phi) is 5.37. The van der Waals surface area contributed by atoms with Crippen molar-refractivity contribution in [3.63, 3.8) is 0 Å². The summed E-state index contributed by atoms with van der Waals surface area (Å²) in [6.07, 6.45) is 4.54. The van der Waals surface area contributed by atoms with E-state index in [1.54, 1.807) is 0 Å². The molecule has 1 amide bonds. The predicted molar refractivity (Wildman–Crippen MR) is 78.0 cm³/mol. The Hall–Kier alpha value is -0.220. The Labute approximate surface area is 116 Å². The molecule has 0 bridgehead atoms. The van der Waals surface area contributed by atoms with Gasteiger partial charge in [-0.15, -0.1) is 0 Å². The summed E-state index contributed by atoms with van der Waals surface area (Å²) in [6, 6.07) is 0. The molecule has 0 N–H and O–H groups in total. The van der Waals surface area contributed by atoms with Crippen LogP contribution >= 0.6 is 12.6 Å². The zero-order chi connectivity index (χ0) is 13.0. The van der Waals surface area contributed by atoms with Gasteiger partial charge in [-0.2, -0.15) is 12.6 Å². The van der Waals surface area contributed by atoms with E-state index in [0.717, 1.165) is 31.2 Å². The molecule has 1 atom stereocenters. The molecule has 3 nitrogen and oxygen atoms in total. The van der Waals surface area contributed by atoms with Crippen LogP contribution in [0.3, 0.4) is 0 Å². The summed E-state index contributed by atoms with van der Waals surface area (Å²) in [5.41, 5.74) is 0. The van der Waals surface area contributed by atoms with Crippen LogP contribution in [0.15, 0.2) is 0 Å². The average Bonchev–Trinajstić information content (AvgIpc) is 2.77. The van der Waals surface area contributed by atoms with Crippen molar-refractivity contribution in [1.82, 2.24) is 9.80 Å². The maximum atomic E-state index is 11.8. The minimum Gasteiger partial charge on any atom is -0.342 e. The molecule has 1 unspecified atom stereocenters. The third-order valence-corrected chi connectivity index (χ3v) is 5.03. The lowest BCUT2D eigenvalue weighted by Crippen LogP contribution is -2.35. The van der Waals surface area contributed by atoms with E-state index in [4.69, 9.17) is 0 Å². The van der Waals surface area contributed by atoms with E-state index >= 15 is 0 Å². The fraction of sp³-hybridized carbons (Fsp3) is 0.929. The van der Waals surface area contributed by atoms with Crippen LogP contribution in [0.5, 0.6) is 0 Å². The van der Waals surface area contributed by atoms with E-state index in [1.165, 1.54) is 38.9 Å². The van der Waals surface area contributed by atoms with Gasteiger partial charge in [-0.25, -0.2) is 0 Å². The van der Waals surface area contributed by atoms with Gasteiger partial charge in [-0.05, 0) is 56.5 Å². The van der Waals surface area contributed by atoms with Gasteiger partial charge < -0.3 is 9.80 Å². The lowest BCUT2D eigenvalue weighted by Gasteiger charge is -2.31. The highest BCUT2D eigenvalue weighted by Gasteiger charge is 2.29. The molecule has 18 heavy (non-hydrogen) atoms. The Bertz CT molecular complexity index is 277. The quantitative estimate of drug-likeness (QED) is 0.771. The maximum absolute atomic E-state index is 11.8. The second-order valence-corrected chi connectivity index (χ2v) is 6.12. The molecule has 2 rings (SSSR count). The van der Waals surface area contributed by atoms with Gasteiger partial charge in [-0.3, -0.25) is 4.79 Å². The zero-order valence-electron chi connectivity index (χ0n) is 11.5. The van der Waals surface area contributed by atoms with Crippen molar-refractivity contribution in [2.75, 3.05) is 38.5 Å². The smallest absolute Gasteiger partial charge is 0.222 e. The summed E-state index contributed by atoms with van der Waals surface area (Å²) >= 11 is 4.30. The first-order valence-electron chi connectivity index (χ1n) is 7.34. The molecular formula is C14H26N2OS. The number of piperidine rings is 1. The summed E-state index contributed by atoms with van der Waals surface area (Å²) in [5, 5.41) is 0. The zero-order valence-corrected chi connectivity index (χ0v) is 12.4. The number of hydrogen-bond donors (Lipinski definition) is 1. The molecule has 2 aliphatic heterocycles. The monoisotopic (exact) mass is 270 g/mol. The molecule has 4 heteroatoms. The third-order valence-electron chi connectivity index (χ3n) is 4.51. The molecule has 2 aliphatic rings. The summed E-state index contributed by atoms with van der Waals surface area (Å²) in [7, 11) is 0. The first kappa shape index (κ1) is 14.2. The van der Waals surface area contributed by atoms with E-state index in [0.29, 0.717) is 11.8 Å². The Morgan fingerprint density at radius 2 is 2.00 bits per heavy atom. The summed E-state index contributed by atoms with van der Waals surface area (Å²) in [5.74, 6) is 2.51. The van der Waals surface area contributed by atoms with E-state index in [1.807, 2.05) is 0 Å². The van der Waals surface area contributed by atoms with Crippen molar-refractivity contribution in [2.45, 2.75) is 32.6 Å². The van der Waals surface area contributed by atoms with Crippen molar-refractivity contribution >= 4 is 18.5 Å². The normalized spacial score (nSPS) is 27.1. The van der Waals surface area contributed by atoms with Crippen molar-refractivity contribution in [3.05, 3.63) is 0 Å². The fourth-order valence-electron chi connectivity index (χ4n) is 3.12. The number of hydrogen-bond acceptors (Lipinski definition) is 3. The van der Waals surface area contributed by atoms with Gasteiger partial charge in [0, 0.05) is 19.5 Å². The van der Waals surface area contributed by atoms with E-state index in [9.17, 15) is 4.79 Å². The molecule has 0 aromatic heterocycles. The minimum absolute atomic E-state index is 0.347. The van der Waals surface area contributed by atoms with Crippen molar-refractivity contribution in [3.8, 4) is 0 Å². The Balaban J connectivity index is 1.68. The SMILES string of the molecule is CCN1CCC(CCN2CC(CS)CC2=O)CC1. The van der Waals surface area contributed by atoms with E-state index in [-0.39, 0.29) is 0 Å². The predicted octanol–water partition coefficient (Wildman–Crippen LogP) is 1.89. The molecule has 2 heterocycles. The number of nitrogens with zero attached hydrogens (tertiary/aromatic N) is 2. The summed E-state index contributed by atoms with van der Waals surface area (Å²) < 4.78 is 0. The standard InChI is InChI=1S/C14H26N2OS/c1-2-15-6-3-12(4-7-15)5-8-16-10-13(11-18)9-14(16)17/h12-13,18H,2-11H2,1H3. The van der Waals surface area contributed by atoms with Crippen molar-refractivity contribution in [1.29, 1.82) is 0 Å². The van der Waals surface area contributed by atoms with Gasteiger partial charge >= 0.3 is 0 Å². The first-order chi connectivity index (χ1) is 8.72. The molecule has 2 saturated heterocycles. The van der Waals surface area contributed by atoms with Gasteiger partial charge in [-0.1, -0.05) is 6.92 Å². The largest absolute Gasteiger partial charge is 0.342 e. The molecule has 0 radical (unpaired) electrons. The molecule has 104 valence electrons. The lowest BCUT2D eigenvalue weighted by molar-refractivity contribution is -0.127. The van der Waals surface area contributed by atoms with Crippen LogP contribution in [0.2, 0.25) is 0 Å². The lowest BCUT2D eigenvalue weighted by atomic mass is 9.93. The molecule has 0 aromatic rings. The molecule has 0 spiro atoms. The van der Waals surface area contributed by atoms with E-state index in [2.05, 4.69) is 29.4 Å². The molecule has 0 saturated carbocycles. The average molecular weight is 270 g/mol. The van der Waals surface area contributed by atoms with Crippen LogP contribution < -0.4 is 0 Å². The number of carbonyl (C=O) groups is 1. The fourth-order valence-corrected chi connectivity index (χ4v) is 3.37. The third kappa shape index (κ3) is 3.64. The Morgan fingerprint density at radius 3 is 2.56 bits per heavy atom. The minimum atomic E-state index is 0.347. The summed E-state index contributed by atoms with van der Waals surface area (Å²) in [4.78, 5) is 16.4. The van der Waals surface area contributed by atoms with E-state index < -0.39 is 0 Å². The van der Waals surface area contributed by atoms with Gasteiger partial charge in [0.15, 0.2) is 0 Å². The highest BCUT2D eigenvalue weighted by Crippen LogP contribution is 2.23. The number of thiol groups is 1. The van der Waals surface area contributed by atoms with Crippen molar-refractivity contribution in [2.24, 2.45) is 11.8 Å². The van der Waals surface area contributed by atoms with Crippen molar-refractivity contribution < 1.29 is 4.79 Å². The molecule has 0 aromatic carbocycles. The first-order valence-corrected chi connectivity index (χ1v) is 7.97. The number of carbonyl (C=O) groups excluding carboxylic acids is 1. The summed E-state index contributed by atoms with van der Waals surface area (Å²) in [6.45, 7) is 7.82. The van der Waals surface area contributed by atoms with Crippen LogP contribution in [0.25, 0.3) is 0 Å². The highest BCUT2D eigenvalue weighted by atomic mass is 32.1. The highest BCUT2D eigenvalue weighted by molar-refractivity contribution is 7.80. The number of amides is 1. The van der Waals surface area contributed by atoms with Gasteiger partial charge in [0.1, 0.15) is 0 Å². The van der Waals surface area contributed by atoms with Crippen LogP contribution in [0, 0.1) is 11.8 Å². The van der Waals surface area contributed by atoms with Gasteiger partial charge in [0.2, 0.25) is 5.91 Å². The number of likely N-dealkylation sites (tertiary alicyclic amines) is 2. The Morgan fingerprint density at radius 1 is 1.28 bits per heavy atom.